The maximum Gasteiger partial charge on any atom is 0.472 e. The molecule has 7 N–H and O–H groups in total. The largest absolute Gasteiger partial charge is 0.480 e. The molecule has 0 saturated heterocycles. The molecule has 1 saturated carbocycles. The molecular weight excluding hydrogens is 705 g/mol. The van der Waals surface area contributed by atoms with E-state index in [9.17, 15) is 48.8 Å². The van der Waals surface area contributed by atoms with Gasteiger partial charge in [0, 0.05) is 31.1 Å². The SMILES string of the molecule is CC(CNC(C(=O)O)C(=O)O)CN(CC(=O)O)CC(COP(=O)(O)OC1CCC(c2ccccc2)(c2ccccc2)CC1)N(CC(=O)O)CC(=O)O. The standard InChI is InChI=1S/C34H46N3O14P/c1-23(16-35-31(32(44)45)33(46)47)17-36(19-28(38)39)18-26(37(20-29(40)41)21-30(42)43)22-50-52(48,49)51-27-12-14-34(15-13-27,24-8-4-2-5-9-24)25-10-6-3-7-11-25/h2-11,23,26-27,31,35H,12-22H2,1H3,(H,38,39)(H,40,41)(H,42,43)(H,44,45)(H,46,47)(H,48,49). The molecule has 2 aromatic carbocycles. The average molecular weight is 752 g/mol. The number of carboxylic acid groups (broad SMARTS) is 5. The number of aliphatic carboxylic acids is 5. The topological polar surface area (TPSA) is 261 Å². The third-order valence-corrected chi connectivity index (χ3v) is 9.95. The molecule has 3 unspecified atom stereocenters. The molecule has 17 nitrogen and oxygen atoms in total. The lowest BCUT2D eigenvalue weighted by Crippen LogP contribution is -2.52. The van der Waals surface area contributed by atoms with Gasteiger partial charge in [-0.15, -0.1) is 0 Å². The summed E-state index contributed by atoms with van der Waals surface area (Å²) in [4.78, 5) is 70.7. The van der Waals surface area contributed by atoms with Gasteiger partial charge in [0.05, 0.1) is 32.3 Å². The van der Waals surface area contributed by atoms with Gasteiger partial charge in [0.25, 0.3) is 0 Å². The summed E-state index contributed by atoms with van der Waals surface area (Å²) in [5.74, 6) is -7.99. The van der Waals surface area contributed by atoms with Crippen molar-refractivity contribution < 1.29 is 68.0 Å². The zero-order chi connectivity index (χ0) is 38.5. The van der Waals surface area contributed by atoms with Crippen molar-refractivity contribution in [3.8, 4) is 0 Å². The van der Waals surface area contributed by atoms with Gasteiger partial charge in [-0.1, -0.05) is 67.6 Å². The van der Waals surface area contributed by atoms with Crippen LogP contribution in [0.4, 0.5) is 0 Å². The minimum atomic E-state index is -4.83. The highest BCUT2D eigenvalue weighted by molar-refractivity contribution is 7.47. The smallest absolute Gasteiger partial charge is 0.472 e. The third-order valence-electron chi connectivity index (χ3n) is 8.91. The molecule has 0 bridgehead atoms. The van der Waals surface area contributed by atoms with Gasteiger partial charge in [-0.2, -0.15) is 0 Å². The second-order valence-corrected chi connectivity index (χ2v) is 14.3. The van der Waals surface area contributed by atoms with Gasteiger partial charge in [-0.25, -0.2) is 14.2 Å². The van der Waals surface area contributed by atoms with Gasteiger partial charge in [-0.3, -0.25) is 38.5 Å². The number of hydrogen-bond donors (Lipinski definition) is 7. The van der Waals surface area contributed by atoms with Crippen LogP contribution in [0.5, 0.6) is 0 Å². The molecule has 1 aliphatic rings. The molecule has 286 valence electrons. The fourth-order valence-corrected chi connectivity index (χ4v) is 7.59. The first-order valence-corrected chi connectivity index (χ1v) is 18.1. The number of hydrogen-bond acceptors (Lipinski definition) is 11. The highest BCUT2D eigenvalue weighted by Gasteiger charge is 2.41. The number of benzene rings is 2. The van der Waals surface area contributed by atoms with Crippen molar-refractivity contribution in [2.24, 2.45) is 5.92 Å². The van der Waals surface area contributed by atoms with E-state index in [0.717, 1.165) is 16.0 Å². The molecule has 2 aromatic rings. The number of carboxylic acids is 5. The minimum Gasteiger partial charge on any atom is -0.480 e. The minimum absolute atomic E-state index is 0.102. The van der Waals surface area contributed by atoms with Crippen LogP contribution in [0.3, 0.4) is 0 Å². The van der Waals surface area contributed by atoms with Crippen molar-refractivity contribution in [2.45, 2.75) is 56.2 Å². The predicted molar refractivity (Wildman–Crippen MR) is 184 cm³/mol. The van der Waals surface area contributed by atoms with E-state index in [1.165, 1.54) is 4.90 Å². The van der Waals surface area contributed by atoms with Crippen molar-refractivity contribution in [3.05, 3.63) is 71.8 Å². The van der Waals surface area contributed by atoms with Gasteiger partial charge >= 0.3 is 37.7 Å². The Balaban J connectivity index is 1.75. The second kappa shape index (κ2) is 19.6. The lowest BCUT2D eigenvalue weighted by atomic mass is 9.65. The van der Waals surface area contributed by atoms with E-state index in [2.05, 4.69) is 5.32 Å². The van der Waals surface area contributed by atoms with E-state index in [1.807, 2.05) is 60.7 Å². The third kappa shape index (κ3) is 13.1. The molecule has 0 spiro atoms. The van der Waals surface area contributed by atoms with E-state index in [0.29, 0.717) is 25.7 Å². The lowest BCUT2D eigenvalue weighted by Gasteiger charge is -2.41. The number of nitrogens with zero attached hydrogens (tertiary/aromatic N) is 2. The highest BCUT2D eigenvalue weighted by atomic mass is 31.2. The summed E-state index contributed by atoms with van der Waals surface area (Å²) < 4.78 is 24.2. The molecule has 1 fully saturated rings. The zero-order valence-corrected chi connectivity index (χ0v) is 29.5. The van der Waals surface area contributed by atoms with E-state index in [4.69, 9.17) is 19.3 Å². The molecule has 1 aliphatic carbocycles. The van der Waals surface area contributed by atoms with E-state index < -0.39 is 88.0 Å². The summed E-state index contributed by atoms with van der Waals surface area (Å²) in [6.07, 6.45) is 1.30. The molecule has 52 heavy (non-hydrogen) atoms. The molecule has 0 heterocycles. The van der Waals surface area contributed by atoms with Gasteiger partial charge in [0.2, 0.25) is 6.04 Å². The predicted octanol–water partition coefficient (Wildman–Crippen LogP) is 2.04. The number of phosphoric ester groups is 1. The molecule has 3 rings (SSSR count). The molecule has 3 atom stereocenters. The van der Waals surface area contributed by atoms with Gasteiger partial charge in [0.15, 0.2) is 0 Å². The van der Waals surface area contributed by atoms with Crippen molar-refractivity contribution in [3.63, 3.8) is 0 Å². The first-order valence-electron chi connectivity index (χ1n) is 16.6. The van der Waals surface area contributed by atoms with Crippen LogP contribution in [0.25, 0.3) is 0 Å². The normalized spacial score (nSPS) is 17.0. The maximum atomic E-state index is 13.3. The monoisotopic (exact) mass is 751 g/mol. The summed E-state index contributed by atoms with van der Waals surface area (Å²) in [6, 6.07) is 16.7. The first kappa shape index (κ1) is 42.2. The molecule has 18 heteroatoms. The van der Waals surface area contributed by atoms with Crippen LogP contribution in [-0.4, -0.2) is 134 Å². The van der Waals surface area contributed by atoms with E-state index in [1.54, 1.807) is 6.92 Å². The summed E-state index contributed by atoms with van der Waals surface area (Å²) >= 11 is 0. The van der Waals surface area contributed by atoms with Crippen LogP contribution < -0.4 is 5.32 Å². The van der Waals surface area contributed by atoms with Gasteiger partial charge in [-0.05, 0) is 42.7 Å². The summed E-state index contributed by atoms with van der Waals surface area (Å²) in [5.41, 5.74) is 1.84. The quantitative estimate of drug-likeness (QED) is 0.0633. The summed E-state index contributed by atoms with van der Waals surface area (Å²) in [6.45, 7) is -2.10. The number of carbonyl (C=O) groups is 5. The Hall–Kier alpha value is -4.22. The van der Waals surface area contributed by atoms with Gasteiger partial charge < -0.3 is 30.4 Å². The number of nitrogens with one attached hydrogen (secondary N) is 1. The van der Waals surface area contributed by atoms with E-state index in [-0.39, 0.29) is 25.0 Å². The van der Waals surface area contributed by atoms with Crippen molar-refractivity contribution in [1.29, 1.82) is 0 Å². The Morgan fingerprint density at radius 1 is 0.808 bits per heavy atom. The Morgan fingerprint density at radius 3 is 1.73 bits per heavy atom. The van der Waals surface area contributed by atoms with Crippen molar-refractivity contribution in [2.75, 3.05) is 45.9 Å². The lowest BCUT2D eigenvalue weighted by molar-refractivity contribution is -0.151. The molecule has 0 radical (unpaired) electrons. The Morgan fingerprint density at radius 2 is 1.29 bits per heavy atom. The van der Waals surface area contributed by atoms with Crippen LogP contribution in [-0.2, 0) is 43.0 Å². The zero-order valence-electron chi connectivity index (χ0n) is 28.7. The maximum absolute atomic E-state index is 13.3. The fraction of sp³-hybridized carbons (Fsp3) is 0.500. The van der Waals surface area contributed by atoms with Crippen molar-refractivity contribution >= 4 is 37.7 Å². The van der Waals surface area contributed by atoms with E-state index >= 15 is 0 Å². The fourth-order valence-electron chi connectivity index (χ4n) is 6.58. The number of phosphoric acid groups is 1. The van der Waals surface area contributed by atoms with Crippen molar-refractivity contribution in [1.82, 2.24) is 15.1 Å². The van der Waals surface area contributed by atoms with Crippen LogP contribution in [0.2, 0.25) is 0 Å². The van der Waals surface area contributed by atoms with Crippen LogP contribution >= 0.6 is 7.82 Å². The van der Waals surface area contributed by atoms with Crippen LogP contribution in [0, 0.1) is 5.92 Å². The van der Waals surface area contributed by atoms with Gasteiger partial charge in [0.1, 0.15) is 0 Å². The first-order chi connectivity index (χ1) is 24.5. The molecule has 0 aliphatic heterocycles. The summed E-state index contributed by atoms with van der Waals surface area (Å²) in [5, 5.41) is 49.2. The molecular formula is C34H46N3O14P. The van der Waals surface area contributed by atoms with Crippen LogP contribution in [0.1, 0.15) is 43.7 Å². The highest BCUT2D eigenvalue weighted by Crippen LogP contribution is 2.51. The Labute approximate surface area is 300 Å². The second-order valence-electron chi connectivity index (χ2n) is 12.9. The molecule has 0 aromatic heterocycles. The number of rotatable bonds is 23. The molecule has 0 amide bonds. The average Bonchev–Trinajstić information content (AvgIpc) is 3.06. The Kier molecular flexibility index (Phi) is 15.9. The van der Waals surface area contributed by atoms with Crippen LogP contribution in [0.15, 0.2) is 60.7 Å². The Bertz CT molecular complexity index is 1480. The summed E-state index contributed by atoms with van der Waals surface area (Å²) in [7, 11) is -4.83.